The Morgan fingerprint density at radius 1 is 1.15 bits per heavy atom. The van der Waals surface area contributed by atoms with Gasteiger partial charge in [-0.2, -0.15) is 4.98 Å². The van der Waals surface area contributed by atoms with Crippen LogP contribution in [0.4, 0.5) is 10.6 Å². The van der Waals surface area contributed by atoms with Crippen LogP contribution in [-0.2, 0) is 13.1 Å². The molecule has 0 aliphatic rings. The van der Waals surface area contributed by atoms with Gasteiger partial charge in [-0.1, -0.05) is 36.4 Å². The van der Waals surface area contributed by atoms with Gasteiger partial charge < -0.3 is 21.1 Å². The van der Waals surface area contributed by atoms with Gasteiger partial charge in [-0.25, -0.2) is 9.78 Å². The number of aryl methyl sites for hydroxylation is 1. The Morgan fingerprint density at radius 2 is 1.91 bits per heavy atom. The van der Waals surface area contributed by atoms with E-state index < -0.39 is 12.0 Å². The second kappa shape index (κ2) is 8.99. The van der Waals surface area contributed by atoms with E-state index in [4.69, 9.17) is 10.7 Å². The van der Waals surface area contributed by atoms with Crippen LogP contribution in [0.5, 0.6) is 0 Å². The highest BCUT2D eigenvalue weighted by molar-refractivity contribution is 6.06. The van der Waals surface area contributed by atoms with Gasteiger partial charge in [-0.3, -0.25) is 9.36 Å². The number of fused-ring (bicyclic) bond motifs is 1. The van der Waals surface area contributed by atoms with Crippen LogP contribution in [-0.4, -0.2) is 43.6 Å². The van der Waals surface area contributed by atoms with E-state index >= 15 is 0 Å². The van der Waals surface area contributed by atoms with Gasteiger partial charge in [0.15, 0.2) is 0 Å². The summed E-state index contributed by atoms with van der Waals surface area (Å²) in [5.41, 5.74) is 9.27. The number of carboxylic acid groups (broad SMARTS) is 1. The third-order valence-corrected chi connectivity index (χ3v) is 5.38. The summed E-state index contributed by atoms with van der Waals surface area (Å²) in [7, 11) is 1.49. The van der Waals surface area contributed by atoms with E-state index in [0.29, 0.717) is 29.4 Å². The summed E-state index contributed by atoms with van der Waals surface area (Å²) in [4.78, 5) is 33.6. The summed E-state index contributed by atoms with van der Waals surface area (Å²) in [6.07, 6.45) is 0.581. The highest BCUT2D eigenvalue weighted by atomic mass is 16.4. The molecule has 9 heteroatoms. The molecule has 0 atom stereocenters. The number of benzene rings is 2. The molecule has 33 heavy (non-hydrogen) atoms. The maximum absolute atomic E-state index is 11.9. The number of nitrogens with two attached hydrogens (primary N) is 1. The predicted molar refractivity (Wildman–Crippen MR) is 125 cm³/mol. The van der Waals surface area contributed by atoms with Crippen molar-refractivity contribution in [3.05, 3.63) is 83.2 Å². The Hall–Kier alpha value is -4.40. The van der Waals surface area contributed by atoms with E-state index in [-0.39, 0.29) is 6.54 Å². The first-order valence-electron chi connectivity index (χ1n) is 10.3. The SMILES string of the molecule is Cc1cc2c(C(N)=O)cccc2n1-c1ncc(CN(C)C(=O)O)c(NCc2ccccc2)n1. The van der Waals surface area contributed by atoms with Gasteiger partial charge in [0.25, 0.3) is 0 Å². The van der Waals surface area contributed by atoms with Gasteiger partial charge in [0.2, 0.25) is 11.9 Å². The molecule has 0 unspecified atom stereocenters. The van der Waals surface area contributed by atoms with E-state index in [2.05, 4.69) is 10.3 Å². The molecule has 0 bridgehead atoms. The molecule has 2 aromatic heterocycles. The standard InChI is InChI=1S/C24H24N6O3/c1-15-11-19-18(21(25)31)9-6-10-20(19)30(15)23-27-13-17(14-29(2)24(32)33)22(28-23)26-12-16-7-4-3-5-8-16/h3-11,13H,12,14H2,1-2H3,(H2,25,31)(H,32,33)(H,26,27,28). The molecule has 4 rings (SSSR count). The number of amides is 2. The molecule has 0 aliphatic carbocycles. The molecule has 2 aromatic carbocycles. The van der Waals surface area contributed by atoms with Gasteiger partial charge in [0.1, 0.15) is 5.82 Å². The summed E-state index contributed by atoms with van der Waals surface area (Å²) in [6.45, 7) is 2.54. The van der Waals surface area contributed by atoms with Crippen LogP contribution in [0, 0.1) is 6.92 Å². The molecule has 168 valence electrons. The van der Waals surface area contributed by atoms with Crippen molar-refractivity contribution < 1.29 is 14.7 Å². The van der Waals surface area contributed by atoms with E-state index in [9.17, 15) is 14.7 Å². The van der Waals surface area contributed by atoms with E-state index in [1.54, 1.807) is 18.3 Å². The van der Waals surface area contributed by atoms with Crippen molar-refractivity contribution >= 4 is 28.7 Å². The molecule has 2 heterocycles. The minimum atomic E-state index is -1.04. The number of hydrogen-bond acceptors (Lipinski definition) is 5. The highest BCUT2D eigenvalue weighted by Gasteiger charge is 2.18. The van der Waals surface area contributed by atoms with Crippen molar-refractivity contribution in [2.45, 2.75) is 20.0 Å². The number of aromatic nitrogens is 3. The molecule has 0 aliphatic heterocycles. The van der Waals surface area contributed by atoms with Crippen LogP contribution in [0.3, 0.4) is 0 Å². The lowest BCUT2D eigenvalue weighted by molar-refractivity contribution is 0.100. The number of rotatable bonds is 7. The average molecular weight is 444 g/mol. The van der Waals surface area contributed by atoms with Crippen LogP contribution in [0.1, 0.15) is 27.2 Å². The zero-order chi connectivity index (χ0) is 23.5. The number of carbonyl (C=O) groups is 2. The highest BCUT2D eigenvalue weighted by Crippen LogP contribution is 2.26. The number of nitrogens with zero attached hydrogens (tertiary/aromatic N) is 4. The minimum absolute atomic E-state index is 0.129. The van der Waals surface area contributed by atoms with Gasteiger partial charge in [0, 0.05) is 42.0 Å². The molecule has 2 amide bonds. The lowest BCUT2D eigenvalue weighted by atomic mass is 10.1. The summed E-state index contributed by atoms with van der Waals surface area (Å²) in [5, 5.41) is 13.3. The van der Waals surface area contributed by atoms with Crippen LogP contribution in [0.15, 0.2) is 60.8 Å². The van der Waals surface area contributed by atoms with Crippen molar-refractivity contribution in [3.8, 4) is 5.95 Å². The number of hydrogen-bond donors (Lipinski definition) is 3. The normalized spacial score (nSPS) is 10.8. The Balaban J connectivity index is 1.78. The van der Waals surface area contributed by atoms with Crippen molar-refractivity contribution in [2.75, 3.05) is 12.4 Å². The first-order valence-corrected chi connectivity index (χ1v) is 10.3. The van der Waals surface area contributed by atoms with Gasteiger partial charge >= 0.3 is 6.09 Å². The van der Waals surface area contributed by atoms with Gasteiger partial charge in [0.05, 0.1) is 12.1 Å². The molecule has 0 fully saturated rings. The number of nitrogens with one attached hydrogen (secondary N) is 1. The minimum Gasteiger partial charge on any atom is -0.465 e. The molecular formula is C24H24N6O3. The monoisotopic (exact) mass is 444 g/mol. The quantitative estimate of drug-likeness (QED) is 0.400. The summed E-state index contributed by atoms with van der Waals surface area (Å²) in [5.74, 6) is 0.432. The Bertz CT molecular complexity index is 1330. The van der Waals surface area contributed by atoms with Crippen molar-refractivity contribution in [2.24, 2.45) is 5.73 Å². The van der Waals surface area contributed by atoms with Crippen molar-refractivity contribution in [1.82, 2.24) is 19.4 Å². The Morgan fingerprint density at radius 3 is 2.61 bits per heavy atom. The van der Waals surface area contributed by atoms with Gasteiger partial charge in [-0.15, -0.1) is 0 Å². The topological polar surface area (TPSA) is 126 Å². The average Bonchev–Trinajstić information content (AvgIpc) is 3.14. The lowest BCUT2D eigenvalue weighted by Gasteiger charge is -2.17. The largest absolute Gasteiger partial charge is 0.465 e. The summed E-state index contributed by atoms with van der Waals surface area (Å²) >= 11 is 0. The van der Waals surface area contributed by atoms with Crippen LogP contribution in [0.2, 0.25) is 0 Å². The third-order valence-electron chi connectivity index (χ3n) is 5.38. The zero-order valence-electron chi connectivity index (χ0n) is 18.3. The van der Waals surface area contributed by atoms with Crippen molar-refractivity contribution in [3.63, 3.8) is 0 Å². The molecule has 4 aromatic rings. The first-order chi connectivity index (χ1) is 15.8. The third kappa shape index (κ3) is 4.47. The maximum atomic E-state index is 11.9. The number of carbonyl (C=O) groups excluding carboxylic acids is 1. The summed E-state index contributed by atoms with van der Waals surface area (Å²) in [6, 6.07) is 17.0. The van der Waals surface area contributed by atoms with Crippen LogP contribution >= 0.6 is 0 Å². The van der Waals surface area contributed by atoms with E-state index in [1.807, 2.05) is 54.0 Å². The van der Waals surface area contributed by atoms with E-state index in [0.717, 1.165) is 22.2 Å². The van der Waals surface area contributed by atoms with E-state index in [1.165, 1.54) is 11.9 Å². The summed E-state index contributed by atoms with van der Waals surface area (Å²) < 4.78 is 1.85. The second-order valence-corrected chi connectivity index (χ2v) is 7.75. The molecule has 0 spiro atoms. The number of primary amides is 1. The lowest BCUT2D eigenvalue weighted by Crippen LogP contribution is -2.25. The fourth-order valence-corrected chi connectivity index (χ4v) is 3.72. The molecule has 9 nitrogen and oxygen atoms in total. The fourth-order valence-electron chi connectivity index (χ4n) is 3.72. The maximum Gasteiger partial charge on any atom is 0.407 e. The Labute approximate surface area is 190 Å². The molecule has 0 radical (unpaired) electrons. The molecule has 4 N–H and O–H groups in total. The molecule has 0 saturated carbocycles. The van der Waals surface area contributed by atoms with Gasteiger partial charge in [-0.05, 0) is 30.7 Å². The number of anilines is 1. The second-order valence-electron chi connectivity index (χ2n) is 7.75. The predicted octanol–water partition coefficient (Wildman–Crippen LogP) is 3.55. The first kappa shape index (κ1) is 21.8. The Kier molecular flexibility index (Phi) is 5.95. The van der Waals surface area contributed by atoms with Crippen LogP contribution in [0.25, 0.3) is 16.9 Å². The van der Waals surface area contributed by atoms with Crippen LogP contribution < -0.4 is 11.1 Å². The smallest absolute Gasteiger partial charge is 0.407 e. The van der Waals surface area contributed by atoms with Crippen molar-refractivity contribution in [1.29, 1.82) is 0 Å². The fraction of sp³-hybridized carbons (Fsp3) is 0.167. The molecule has 0 saturated heterocycles. The zero-order valence-corrected chi connectivity index (χ0v) is 18.3. The molecular weight excluding hydrogens is 420 g/mol.